The Balaban J connectivity index is 2.29. The SMILES string of the molecule is CCOP(=S)(OCC)SCSCc1ccccc1. The van der Waals surface area contributed by atoms with Gasteiger partial charge in [0, 0.05) is 10.8 Å². The summed E-state index contributed by atoms with van der Waals surface area (Å²) in [6.45, 7) is 5.15. The Morgan fingerprint density at radius 3 is 2.28 bits per heavy atom. The molecule has 0 aromatic heterocycles. The lowest BCUT2D eigenvalue weighted by atomic mass is 10.2. The molecular weight excluding hydrogens is 303 g/mol. The lowest BCUT2D eigenvalue weighted by Crippen LogP contribution is -1.92. The number of rotatable bonds is 9. The first-order valence-corrected chi connectivity index (χ1v) is 11.2. The van der Waals surface area contributed by atoms with Gasteiger partial charge >= 0.3 is 0 Å². The van der Waals surface area contributed by atoms with Crippen molar-refractivity contribution in [1.29, 1.82) is 0 Å². The minimum absolute atomic E-state index is 0.619. The highest BCUT2D eigenvalue weighted by Gasteiger charge is 2.18. The van der Waals surface area contributed by atoms with Crippen LogP contribution >= 0.6 is 28.8 Å². The zero-order valence-corrected chi connectivity index (χ0v) is 14.0. The van der Waals surface area contributed by atoms with Crippen LogP contribution in [-0.2, 0) is 26.6 Å². The van der Waals surface area contributed by atoms with Crippen LogP contribution in [0.2, 0.25) is 0 Å². The molecule has 0 bridgehead atoms. The summed E-state index contributed by atoms with van der Waals surface area (Å²) in [5, 5.41) is 0.909. The third-order valence-electron chi connectivity index (χ3n) is 1.98. The molecular formula is C12H19O2PS3. The maximum Gasteiger partial charge on any atom is 0.248 e. The number of hydrogen-bond acceptors (Lipinski definition) is 5. The molecule has 0 saturated heterocycles. The van der Waals surface area contributed by atoms with Gasteiger partial charge in [-0.2, -0.15) is 0 Å². The fraction of sp³-hybridized carbons (Fsp3) is 0.500. The Morgan fingerprint density at radius 2 is 1.72 bits per heavy atom. The van der Waals surface area contributed by atoms with E-state index in [1.54, 1.807) is 11.4 Å². The second-order valence-corrected chi connectivity index (χ2v) is 11.0. The maximum absolute atomic E-state index is 5.58. The van der Waals surface area contributed by atoms with E-state index in [9.17, 15) is 0 Å². The highest BCUT2D eigenvalue weighted by Crippen LogP contribution is 2.61. The molecule has 0 unspecified atom stereocenters. The van der Waals surface area contributed by atoms with Crippen LogP contribution in [0.4, 0.5) is 0 Å². The van der Waals surface area contributed by atoms with Crippen molar-refractivity contribution in [3.05, 3.63) is 35.9 Å². The normalized spacial score (nSPS) is 11.7. The van der Waals surface area contributed by atoms with Crippen LogP contribution in [0, 0.1) is 0 Å². The molecule has 6 heteroatoms. The molecule has 0 aliphatic rings. The summed E-state index contributed by atoms with van der Waals surface area (Å²) in [7, 11) is 0. The summed E-state index contributed by atoms with van der Waals surface area (Å²) < 4.78 is 11.2. The fourth-order valence-corrected chi connectivity index (χ4v) is 8.40. The van der Waals surface area contributed by atoms with Gasteiger partial charge in [0.2, 0.25) is 5.69 Å². The molecule has 0 amide bonds. The zero-order chi connectivity index (χ0) is 13.3. The van der Waals surface area contributed by atoms with Gasteiger partial charge in [0.05, 0.1) is 13.2 Å². The fourth-order valence-electron chi connectivity index (χ4n) is 1.26. The van der Waals surface area contributed by atoms with Gasteiger partial charge in [-0.1, -0.05) is 41.7 Å². The highest BCUT2D eigenvalue weighted by atomic mass is 32.9. The predicted molar refractivity (Wildman–Crippen MR) is 87.7 cm³/mol. The van der Waals surface area contributed by atoms with E-state index in [1.165, 1.54) is 5.56 Å². The summed E-state index contributed by atoms with van der Waals surface area (Å²) in [5.74, 6) is 1.00. The van der Waals surface area contributed by atoms with Gasteiger partial charge in [0.15, 0.2) is 0 Å². The highest BCUT2D eigenvalue weighted by molar-refractivity contribution is 8.69. The van der Waals surface area contributed by atoms with Gasteiger partial charge in [-0.15, -0.1) is 11.8 Å². The molecule has 0 fully saturated rings. The van der Waals surface area contributed by atoms with Crippen LogP contribution in [-0.4, -0.2) is 18.3 Å². The van der Waals surface area contributed by atoms with E-state index in [-0.39, 0.29) is 0 Å². The molecule has 0 aliphatic carbocycles. The summed E-state index contributed by atoms with van der Waals surface area (Å²) in [6, 6.07) is 10.4. The Morgan fingerprint density at radius 1 is 1.11 bits per heavy atom. The van der Waals surface area contributed by atoms with Crippen LogP contribution in [0.5, 0.6) is 0 Å². The van der Waals surface area contributed by atoms with Crippen molar-refractivity contribution in [2.24, 2.45) is 0 Å². The molecule has 0 aliphatic heterocycles. The van der Waals surface area contributed by atoms with Gasteiger partial charge in [-0.25, -0.2) is 0 Å². The molecule has 102 valence electrons. The Kier molecular flexibility index (Phi) is 8.64. The summed E-state index contributed by atoms with van der Waals surface area (Å²) in [6.07, 6.45) is 0. The van der Waals surface area contributed by atoms with E-state index in [0.29, 0.717) is 13.2 Å². The van der Waals surface area contributed by atoms with Crippen LogP contribution < -0.4 is 0 Å². The van der Waals surface area contributed by atoms with Crippen molar-refractivity contribution < 1.29 is 9.05 Å². The first kappa shape index (κ1) is 16.5. The van der Waals surface area contributed by atoms with Crippen molar-refractivity contribution in [1.82, 2.24) is 0 Å². The average Bonchev–Trinajstić information content (AvgIpc) is 2.37. The smallest absolute Gasteiger partial charge is 0.248 e. The van der Waals surface area contributed by atoms with Crippen LogP contribution in [0.25, 0.3) is 0 Å². The molecule has 0 N–H and O–H groups in total. The molecule has 1 rings (SSSR count). The second kappa shape index (κ2) is 9.40. The summed E-state index contributed by atoms with van der Waals surface area (Å²) in [5.41, 5.74) is -0.774. The first-order chi connectivity index (χ1) is 8.70. The van der Waals surface area contributed by atoms with Gasteiger partial charge in [0.1, 0.15) is 0 Å². The molecule has 1 aromatic rings. The molecule has 1 aromatic carbocycles. The minimum atomic E-state index is -2.11. The molecule has 0 saturated carbocycles. The van der Waals surface area contributed by atoms with Gasteiger partial charge in [-0.05, 0) is 31.2 Å². The zero-order valence-electron chi connectivity index (χ0n) is 10.7. The number of benzene rings is 1. The quantitative estimate of drug-likeness (QED) is 0.364. The second-order valence-electron chi connectivity index (χ2n) is 3.36. The lowest BCUT2D eigenvalue weighted by Gasteiger charge is -2.19. The average molecular weight is 322 g/mol. The monoisotopic (exact) mass is 322 g/mol. The third-order valence-corrected chi connectivity index (χ3v) is 9.18. The van der Waals surface area contributed by atoms with E-state index >= 15 is 0 Å². The maximum atomic E-state index is 5.58. The Hall–Kier alpha value is 0.490. The predicted octanol–water partition coefficient (Wildman–Crippen LogP) is 4.91. The van der Waals surface area contributed by atoms with E-state index in [0.717, 1.165) is 10.8 Å². The third kappa shape index (κ3) is 6.60. The van der Waals surface area contributed by atoms with Crippen LogP contribution in [0.1, 0.15) is 19.4 Å². The van der Waals surface area contributed by atoms with E-state index < -0.39 is 5.69 Å². The van der Waals surface area contributed by atoms with Crippen LogP contribution in [0.15, 0.2) is 30.3 Å². The van der Waals surface area contributed by atoms with Crippen molar-refractivity contribution >= 4 is 40.6 Å². The van der Waals surface area contributed by atoms with Crippen molar-refractivity contribution in [3.63, 3.8) is 0 Å². The van der Waals surface area contributed by atoms with Crippen molar-refractivity contribution in [2.45, 2.75) is 19.6 Å². The number of thioether (sulfide) groups is 1. The Bertz CT molecular complexity index is 363. The summed E-state index contributed by atoms with van der Waals surface area (Å²) >= 11 is 8.93. The van der Waals surface area contributed by atoms with E-state index in [1.807, 2.05) is 31.7 Å². The molecule has 0 radical (unpaired) electrons. The number of hydrogen-bond donors (Lipinski definition) is 0. The lowest BCUT2D eigenvalue weighted by molar-refractivity contribution is 0.280. The first-order valence-electron chi connectivity index (χ1n) is 5.85. The summed E-state index contributed by atoms with van der Waals surface area (Å²) in [4.78, 5) is 0. The van der Waals surface area contributed by atoms with Crippen molar-refractivity contribution in [3.8, 4) is 0 Å². The van der Waals surface area contributed by atoms with Gasteiger partial charge in [-0.3, -0.25) is 0 Å². The molecule has 18 heavy (non-hydrogen) atoms. The van der Waals surface area contributed by atoms with Gasteiger partial charge in [0.25, 0.3) is 0 Å². The largest absolute Gasteiger partial charge is 0.322 e. The standard InChI is InChI=1S/C12H19O2PS3/c1-3-13-15(16,14-4-2)18-11-17-10-12-8-6-5-7-9-12/h5-9H,3-4,10-11H2,1-2H3. The molecule has 0 spiro atoms. The molecule has 2 nitrogen and oxygen atoms in total. The van der Waals surface area contributed by atoms with E-state index in [2.05, 4.69) is 24.3 Å². The molecule has 0 heterocycles. The molecule has 0 atom stereocenters. The van der Waals surface area contributed by atoms with Crippen molar-refractivity contribution in [2.75, 3.05) is 18.3 Å². The topological polar surface area (TPSA) is 18.5 Å². The van der Waals surface area contributed by atoms with Gasteiger partial charge < -0.3 is 9.05 Å². The van der Waals surface area contributed by atoms with E-state index in [4.69, 9.17) is 20.9 Å². The van der Waals surface area contributed by atoms with Crippen LogP contribution in [0.3, 0.4) is 0 Å². The minimum Gasteiger partial charge on any atom is -0.322 e. The Labute approximate surface area is 123 Å².